The molecule has 0 N–H and O–H groups in total. The summed E-state index contributed by atoms with van der Waals surface area (Å²) in [6.07, 6.45) is 1.46. The van der Waals surface area contributed by atoms with Gasteiger partial charge in [0.2, 0.25) is 0 Å². The molecule has 0 radical (unpaired) electrons. The lowest BCUT2D eigenvalue weighted by Gasteiger charge is -2.04. The largest absolute Gasteiger partial charge is 0.240 e. The van der Waals surface area contributed by atoms with Crippen molar-refractivity contribution in [2.24, 2.45) is 0 Å². The summed E-state index contributed by atoms with van der Waals surface area (Å²) in [6.45, 7) is 8.45. The second kappa shape index (κ2) is 4.12. The summed E-state index contributed by atoms with van der Waals surface area (Å²) in [7, 11) is -1.36. The van der Waals surface area contributed by atoms with E-state index in [9.17, 15) is 0 Å². The van der Waals surface area contributed by atoms with E-state index in [1.165, 1.54) is 6.33 Å². The maximum atomic E-state index is 5.92. The van der Waals surface area contributed by atoms with Crippen LogP contribution in [-0.2, 0) is 0 Å². The summed E-state index contributed by atoms with van der Waals surface area (Å²) >= 11 is 5.92. The van der Waals surface area contributed by atoms with Gasteiger partial charge in [0.05, 0.1) is 11.3 Å². The second-order valence-corrected chi connectivity index (χ2v) is 9.23. The van der Waals surface area contributed by atoms with Gasteiger partial charge in [-0.3, -0.25) is 0 Å². The van der Waals surface area contributed by atoms with Crippen molar-refractivity contribution in [3.63, 3.8) is 0 Å². The first kappa shape index (κ1) is 11.2. The van der Waals surface area contributed by atoms with Gasteiger partial charge in [0.1, 0.15) is 19.6 Å². The molecule has 0 saturated heterocycles. The van der Waals surface area contributed by atoms with Crippen LogP contribution in [0.5, 0.6) is 0 Å². The summed E-state index contributed by atoms with van der Waals surface area (Å²) in [5, 5.41) is 0.447. The van der Waals surface area contributed by atoms with Crippen molar-refractivity contribution in [3.8, 4) is 11.5 Å². The normalized spacial score (nSPS) is 10.6. The molecule has 0 aliphatic rings. The van der Waals surface area contributed by atoms with E-state index in [0.29, 0.717) is 5.15 Å². The van der Waals surface area contributed by atoms with Crippen LogP contribution in [0.2, 0.25) is 24.8 Å². The van der Waals surface area contributed by atoms with Crippen molar-refractivity contribution in [1.29, 1.82) is 0 Å². The molecule has 14 heavy (non-hydrogen) atoms. The molecule has 0 aromatic carbocycles. The highest BCUT2D eigenvalue weighted by Crippen LogP contribution is 2.13. The highest BCUT2D eigenvalue weighted by molar-refractivity contribution is 6.83. The number of hydrogen-bond donors (Lipinski definition) is 0. The molecule has 74 valence electrons. The van der Waals surface area contributed by atoms with Crippen molar-refractivity contribution in [2.75, 3.05) is 0 Å². The predicted molar refractivity (Wildman–Crippen MR) is 62.0 cm³/mol. The minimum Gasteiger partial charge on any atom is -0.240 e. The summed E-state index contributed by atoms with van der Waals surface area (Å²) in [4.78, 5) is 7.97. The van der Waals surface area contributed by atoms with E-state index < -0.39 is 8.07 Å². The number of hydrogen-bond acceptors (Lipinski definition) is 2. The Balaban J connectivity index is 3.13. The third-order valence-corrected chi connectivity index (χ3v) is 2.71. The van der Waals surface area contributed by atoms with Crippen LogP contribution in [0, 0.1) is 18.4 Å². The molecule has 0 unspecified atom stereocenters. The fourth-order valence-electron chi connectivity index (χ4n) is 0.837. The van der Waals surface area contributed by atoms with Gasteiger partial charge in [0.15, 0.2) is 0 Å². The van der Waals surface area contributed by atoms with Crippen molar-refractivity contribution < 1.29 is 0 Å². The van der Waals surface area contributed by atoms with E-state index in [2.05, 4.69) is 41.1 Å². The van der Waals surface area contributed by atoms with E-state index >= 15 is 0 Å². The summed E-state index contributed by atoms with van der Waals surface area (Å²) in [6, 6.07) is 0. The molecule has 0 spiro atoms. The lowest BCUT2D eigenvalue weighted by atomic mass is 10.2. The quantitative estimate of drug-likeness (QED) is 0.385. The van der Waals surface area contributed by atoms with Crippen LogP contribution in [0.1, 0.15) is 11.3 Å². The first-order valence-electron chi connectivity index (χ1n) is 4.40. The van der Waals surface area contributed by atoms with Gasteiger partial charge in [0.25, 0.3) is 0 Å². The Morgan fingerprint density at radius 2 is 1.93 bits per heavy atom. The van der Waals surface area contributed by atoms with Crippen LogP contribution >= 0.6 is 11.6 Å². The molecule has 1 aromatic rings. The zero-order chi connectivity index (χ0) is 10.8. The molecule has 0 atom stereocenters. The first-order chi connectivity index (χ1) is 6.40. The van der Waals surface area contributed by atoms with Crippen molar-refractivity contribution >= 4 is 19.7 Å². The first-order valence-corrected chi connectivity index (χ1v) is 8.28. The van der Waals surface area contributed by atoms with E-state index in [1.54, 1.807) is 0 Å². The molecule has 0 aliphatic heterocycles. The summed E-state index contributed by atoms with van der Waals surface area (Å²) < 4.78 is 0. The van der Waals surface area contributed by atoms with Gasteiger partial charge in [-0.2, -0.15) is 0 Å². The Hall–Kier alpha value is -0.853. The maximum Gasteiger partial charge on any atom is 0.148 e. The van der Waals surface area contributed by atoms with Crippen LogP contribution in [0.15, 0.2) is 6.33 Å². The van der Waals surface area contributed by atoms with Gasteiger partial charge < -0.3 is 0 Å². The Bertz CT molecular complexity index is 379. The molecule has 0 saturated carbocycles. The Kier molecular flexibility index (Phi) is 3.30. The van der Waals surface area contributed by atoms with Gasteiger partial charge >= 0.3 is 0 Å². The minimum absolute atomic E-state index is 0.447. The molecule has 0 aliphatic carbocycles. The third-order valence-electron chi connectivity index (χ3n) is 1.55. The fourth-order valence-corrected chi connectivity index (χ4v) is 1.56. The SMILES string of the molecule is Cc1ncnc(Cl)c1C#C[Si](C)(C)C. The predicted octanol–water partition coefficient (Wildman–Crippen LogP) is 2.67. The van der Waals surface area contributed by atoms with Crippen LogP contribution < -0.4 is 0 Å². The highest BCUT2D eigenvalue weighted by atomic mass is 35.5. The van der Waals surface area contributed by atoms with Crippen molar-refractivity contribution in [2.45, 2.75) is 26.6 Å². The number of halogens is 1. The smallest absolute Gasteiger partial charge is 0.148 e. The standard InChI is InChI=1S/C10H13ClN2Si/c1-8-9(5-6-14(2,3)4)10(11)13-7-12-8/h7H,1-4H3. The van der Waals surface area contributed by atoms with Gasteiger partial charge in [-0.05, 0) is 6.92 Å². The van der Waals surface area contributed by atoms with Gasteiger partial charge in [-0.15, -0.1) is 5.54 Å². The zero-order valence-electron chi connectivity index (χ0n) is 8.85. The number of nitrogens with zero attached hydrogens (tertiary/aromatic N) is 2. The van der Waals surface area contributed by atoms with Crippen LogP contribution in [0.3, 0.4) is 0 Å². The van der Waals surface area contributed by atoms with E-state index in [1.807, 2.05) is 6.92 Å². The molecule has 1 aromatic heterocycles. The summed E-state index contributed by atoms with van der Waals surface area (Å²) in [5.41, 5.74) is 4.85. The third kappa shape index (κ3) is 3.13. The fraction of sp³-hybridized carbons (Fsp3) is 0.400. The van der Waals surface area contributed by atoms with Gasteiger partial charge in [-0.1, -0.05) is 37.2 Å². The van der Waals surface area contributed by atoms with Crippen LogP contribution in [-0.4, -0.2) is 18.0 Å². The molecular formula is C10H13ClN2Si. The summed E-state index contributed by atoms with van der Waals surface area (Å²) in [5.74, 6) is 3.08. The van der Waals surface area contributed by atoms with E-state index in [4.69, 9.17) is 11.6 Å². The topological polar surface area (TPSA) is 25.8 Å². The lowest BCUT2D eigenvalue weighted by molar-refractivity contribution is 1.09. The lowest BCUT2D eigenvalue weighted by Crippen LogP contribution is -2.16. The number of rotatable bonds is 0. The van der Waals surface area contributed by atoms with Crippen molar-refractivity contribution in [1.82, 2.24) is 9.97 Å². The van der Waals surface area contributed by atoms with Crippen LogP contribution in [0.4, 0.5) is 0 Å². The molecule has 0 amide bonds. The second-order valence-electron chi connectivity index (χ2n) is 4.12. The Morgan fingerprint density at radius 1 is 1.29 bits per heavy atom. The van der Waals surface area contributed by atoms with Crippen molar-refractivity contribution in [3.05, 3.63) is 22.7 Å². The molecule has 1 heterocycles. The minimum atomic E-state index is -1.36. The number of aromatic nitrogens is 2. The molecule has 4 heteroatoms. The van der Waals surface area contributed by atoms with E-state index in [-0.39, 0.29) is 0 Å². The van der Waals surface area contributed by atoms with E-state index in [0.717, 1.165) is 11.3 Å². The highest BCUT2D eigenvalue weighted by Gasteiger charge is 2.09. The average Bonchev–Trinajstić information content (AvgIpc) is 2.01. The average molecular weight is 225 g/mol. The molecular weight excluding hydrogens is 212 g/mol. The molecule has 0 bridgehead atoms. The molecule has 0 fully saturated rings. The monoisotopic (exact) mass is 224 g/mol. The Labute approximate surface area is 90.7 Å². The van der Waals surface area contributed by atoms with Gasteiger partial charge in [-0.25, -0.2) is 9.97 Å². The molecule has 1 rings (SSSR count). The molecule has 2 nitrogen and oxygen atoms in total. The van der Waals surface area contributed by atoms with Gasteiger partial charge in [0, 0.05) is 0 Å². The van der Waals surface area contributed by atoms with Crippen LogP contribution in [0.25, 0.3) is 0 Å². The maximum absolute atomic E-state index is 5.92. The zero-order valence-corrected chi connectivity index (χ0v) is 10.6. The Morgan fingerprint density at radius 3 is 2.43 bits per heavy atom. The number of aryl methyl sites for hydroxylation is 1.